The van der Waals surface area contributed by atoms with E-state index < -0.39 is 5.97 Å². The van der Waals surface area contributed by atoms with Crippen molar-refractivity contribution in [1.82, 2.24) is 9.55 Å². The van der Waals surface area contributed by atoms with Gasteiger partial charge in [0.1, 0.15) is 5.82 Å². The van der Waals surface area contributed by atoms with E-state index >= 15 is 0 Å². The van der Waals surface area contributed by atoms with Crippen LogP contribution in [0.2, 0.25) is 0 Å². The molecule has 0 bridgehead atoms. The summed E-state index contributed by atoms with van der Waals surface area (Å²) < 4.78 is 2.19. The van der Waals surface area contributed by atoms with Crippen molar-refractivity contribution in [3.63, 3.8) is 0 Å². The van der Waals surface area contributed by atoms with Gasteiger partial charge in [-0.05, 0) is 37.8 Å². The van der Waals surface area contributed by atoms with Crippen LogP contribution >= 0.6 is 0 Å². The van der Waals surface area contributed by atoms with Gasteiger partial charge in [-0.2, -0.15) is 0 Å². The number of benzene rings is 1. The van der Waals surface area contributed by atoms with E-state index in [1.165, 1.54) is 25.7 Å². The normalized spacial score (nSPS) is 17.4. The molecule has 1 saturated carbocycles. The van der Waals surface area contributed by atoms with E-state index in [1.807, 2.05) is 6.07 Å². The third-order valence-electron chi connectivity index (χ3n) is 4.82. The zero-order valence-electron chi connectivity index (χ0n) is 12.7. The van der Waals surface area contributed by atoms with Crippen molar-refractivity contribution >= 4 is 17.0 Å². The van der Waals surface area contributed by atoms with E-state index in [0.717, 1.165) is 23.3 Å². The van der Waals surface area contributed by atoms with Gasteiger partial charge in [0.15, 0.2) is 0 Å². The number of imidazole rings is 1. The molecule has 1 atom stereocenters. The quantitative estimate of drug-likeness (QED) is 0.922. The van der Waals surface area contributed by atoms with Crippen LogP contribution in [0, 0.1) is 5.92 Å². The fraction of sp³-hybridized carbons (Fsp3) is 0.529. The van der Waals surface area contributed by atoms with Crippen LogP contribution in [0.5, 0.6) is 0 Å². The Labute approximate surface area is 124 Å². The smallest absolute Gasteiger partial charge is 0.337 e. The summed E-state index contributed by atoms with van der Waals surface area (Å²) in [7, 11) is 0. The minimum absolute atomic E-state index is 0.313. The second-order valence-corrected chi connectivity index (χ2v) is 6.02. The van der Waals surface area contributed by atoms with E-state index in [9.17, 15) is 9.90 Å². The molecule has 1 aliphatic rings. The highest BCUT2D eigenvalue weighted by Gasteiger charge is 2.27. The predicted octanol–water partition coefficient (Wildman–Crippen LogP) is 4.05. The van der Waals surface area contributed by atoms with E-state index in [4.69, 9.17) is 0 Å². The molecule has 1 aromatic heterocycles. The summed E-state index contributed by atoms with van der Waals surface area (Å²) in [6.07, 6.45) is 5.87. The predicted molar refractivity (Wildman–Crippen MR) is 82.7 cm³/mol. The number of aromatic carboxylic acids is 1. The van der Waals surface area contributed by atoms with Crippen LogP contribution < -0.4 is 0 Å². The molecule has 0 saturated heterocycles. The number of carboxylic acid groups (broad SMARTS) is 1. The maximum atomic E-state index is 11.6. The summed E-state index contributed by atoms with van der Waals surface area (Å²) in [4.78, 5) is 16.2. The molecule has 3 rings (SSSR count). The number of carboxylic acids is 1. The molecule has 1 aliphatic carbocycles. The van der Waals surface area contributed by atoms with Crippen molar-refractivity contribution in [2.75, 3.05) is 0 Å². The van der Waals surface area contributed by atoms with E-state index in [2.05, 4.69) is 23.4 Å². The maximum Gasteiger partial charge on any atom is 0.337 e. The fourth-order valence-corrected chi connectivity index (χ4v) is 3.71. The number of hydrogen-bond donors (Lipinski definition) is 1. The van der Waals surface area contributed by atoms with Gasteiger partial charge in [0.05, 0.1) is 16.6 Å². The molecule has 0 aliphatic heterocycles. The summed E-state index contributed by atoms with van der Waals surface area (Å²) in [5.41, 5.74) is 1.96. The summed E-state index contributed by atoms with van der Waals surface area (Å²) in [5.74, 6) is 0.760. The molecule has 2 aromatic rings. The molecular formula is C17H22N2O2. The van der Waals surface area contributed by atoms with Crippen molar-refractivity contribution in [2.24, 2.45) is 5.92 Å². The van der Waals surface area contributed by atoms with Gasteiger partial charge in [0.2, 0.25) is 0 Å². The summed E-state index contributed by atoms with van der Waals surface area (Å²) in [6, 6.07) is 5.69. The van der Waals surface area contributed by atoms with Crippen molar-refractivity contribution in [2.45, 2.75) is 52.0 Å². The molecule has 1 fully saturated rings. The number of fused-ring (bicyclic) bond motifs is 1. The average Bonchev–Trinajstić information content (AvgIpc) is 3.12. The number of hydrogen-bond acceptors (Lipinski definition) is 2. The topological polar surface area (TPSA) is 55.1 Å². The first-order chi connectivity index (χ1) is 10.1. The van der Waals surface area contributed by atoms with Crippen molar-refractivity contribution in [1.29, 1.82) is 0 Å². The fourth-order valence-electron chi connectivity index (χ4n) is 3.71. The first kappa shape index (κ1) is 14.1. The molecule has 21 heavy (non-hydrogen) atoms. The Hall–Kier alpha value is -1.84. The zero-order chi connectivity index (χ0) is 15.0. The maximum absolute atomic E-state index is 11.6. The van der Waals surface area contributed by atoms with Crippen molar-refractivity contribution in [3.8, 4) is 0 Å². The highest BCUT2D eigenvalue weighted by molar-refractivity contribution is 6.01. The highest BCUT2D eigenvalue weighted by Crippen LogP contribution is 2.37. The van der Waals surface area contributed by atoms with Gasteiger partial charge in [-0.3, -0.25) is 0 Å². The molecule has 1 aromatic carbocycles. The van der Waals surface area contributed by atoms with Gasteiger partial charge in [0.25, 0.3) is 0 Å². The van der Waals surface area contributed by atoms with Crippen molar-refractivity contribution in [3.05, 3.63) is 29.6 Å². The lowest BCUT2D eigenvalue weighted by atomic mass is 9.98. The molecule has 4 heteroatoms. The number of aryl methyl sites for hydroxylation is 1. The Morgan fingerprint density at radius 3 is 2.76 bits per heavy atom. The number of nitrogens with zero attached hydrogens (tertiary/aromatic N) is 2. The minimum atomic E-state index is -0.872. The monoisotopic (exact) mass is 286 g/mol. The molecule has 112 valence electrons. The lowest BCUT2D eigenvalue weighted by molar-refractivity contribution is 0.0698. The Morgan fingerprint density at radius 2 is 2.14 bits per heavy atom. The van der Waals surface area contributed by atoms with Crippen LogP contribution in [-0.2, 0) is 6.42 Å². The number of para-hydroxylation sites is 1. The number of rotatable bonds is 4. The third-order valence-corrected chi connectivity index (χ3v) is 4.82. The largest absolute Gasteiger partial charge is 0.478 e. The lowest BCUT2D eigenvalue weighted by Crippen LogP contribution is -2.17. The molecular weight excluding hydrogens is 264 g/mol. The number of aromatic nitrogens is 2. The van der Waals surface area contributed by atoms with Gasteiger partial charge in [-0.25, -0.2) is 9.78 Å². The first-order valence-corrected chi connectivity index (χ1v) is 7.86. The van der Waals surface area contributed by atoms with Gasteiger partial charge >= 0.3 is 5.97 Å². The number of carbonyl (C=O) groups is 1. The summed E-state index contributed by atoms with van der Waals surface area (Å²) in [6.45, 7) is 4.30. The van der Waals surface area contributed by atoms with E-state index in [-0.39, 0.29) is 0 Å². The van der Waals surface area contributed by atoms with Crippen LogP contribution in [0.25, 0.3) is 11.0 Å². The van der Waals surface area contributed by atoms with Crippen LogP contribution in [0.15, 0.2) is 18.2 Å². The molecule has 0 amide bonds. The van der Waals surface area contributed by atoms with Crippen LogP contribution in [0.3, 0.4) is 0 Å². The molecule has 1 N–H and O–H groups in total. The Kier molecular flexibility index (Phi) is 3.70. The van der Waals surface area contributed by atoms with Gasteiger partial charge in [0, 0.05) is 12.5 Å². The zero-order valence-corrected chi connectivity index (χ0v) is 12.7. The minimum Gasteiger partial charge on any atom is -0.478 e. The Morgan fingerprint density at radius 1 is 1.43 bits per heavy atom. The molecule has 1 unspecified atom stereocenters. The third kappa shape index (κ3) is 2.33. The van der Waals surface area contributed by atoms with Gasteiger partial charge in [-0.15, -0.1) is 0 Å². The van der Waals surface area contributed by atoms with Gasteiger partial charge in [-0.1, -0.05) is 25.8 Å². The molecule has 0 spiro atoms. The highest BCUT2D eigenvalue weighted by atomic mass is 16.4. The van der Waals surface area contributed by atoms with E-state index in [1.54, 1.807) is 12.1 Å². The van der Waals surface area contributed by atoms with Gasteiger partial charge < -0.3 is 9.67 Å². The Balaban J connectivity index is 2.20. The molecule has 1 heterocycles. The Bertz CT molecular complexity index is 669. The first-order valence-electron chi connectivity index (χ1n) is 7.86. The van der Waals surface area contributed by atoms with Crippen molar-refractivity contribution < 1.29 is 9.90 Å². The van der Waals surface area contributed by atoms with Crippen LogP contribution in [-0.4, -0.2) is 20.6 Å². The average molecular weight is 286 g/mol. The SMILES string of the molecule is CCc1nc2cccc(C(=O)O)c2n1C(C)C1CCCC1. The second kappa shape index (κ2) is 5.51. The summed E-state index contributed by atoms with van der Waals surface area (Å²) in [5, 5.41) is 9.50. The molecule has 4 nitrogen and oxygen atoms in total. The second-order valence-electron chi connectivity index (χ2n) is 6.02. The lowest BCUT2D eigenvalue weighted by Gasteiger charge is -2.23. The van der Waals surface area contributed by atoms with E-state index in [0.29, 0.717) is 17.5 Å². The van der Waals surface area contributed by atoms with Crippen LogP contribution in [0.1, 0.15) is 61.8 Å². The molecule has 0 radical (unpaired) electrons. The summed E-state index contributed by atoms with van der Waals surface area (Å²) >= 11 is 0. The van der Waals surface area contributed by atoms with Crippen LogP contribution in [0.4, 0.5) is 0 Å². The standard InChI is InChI=1S/C17H22N2O2/c1-3-15-18-14-10-6-9-13(17(20)21)16(14)19(15)11(2)12-7-4-5-8-12/h6,9-12H,3-5,7-8H2,1-2H3,(H,20,21).